The molecule has 0 bridgehead atoms. The van der Waals surface area contributed by atoms with Gasteiger partial charge in [0.15, 0.2) is 6.04 Å². The van der Waals surface area contributed by atoms with Gasteiger partial charge in [0.25, 0.3) is 0 Å². The molecule has 0 radical (unpaired) electrons. The molecular weight excluding hydrogens is 419 g/mol. The molecule has 1 aromatic rings. The lowest BCUT2D eigenvalue weighted by atomic mass is 9.94. The molecule has 8 heteroatoms. The number of aromatic carboxylic acids is 1. The van der Waals surface area contributed by atoms with Crippen molar-refractivity contribution < 1.29 is 23.1 Å². The van der Waals surface area contributed by atoms with E-state index in [1.54, 1.807) is 12.3 Å². The Balaban J connectivity index is 1.75. The standard InChI is InChI=1S/C24H22F3N3O2/c1-15-14-20(16-8-3-2-4-9-16)29-22-18(11-7-13-30(15)22)21(24(25,26)27)28-19-12-6-5-10-17(19)23(31)32/h5-8,10-14,21,28H,1-4,9H2,(H,31,32)/t21-/m0/s1. The maximum Gasteiger partial charge on any atom is 0.412 e. The lowest BCUT2D eigenvalue weighted by molar-refractivity contribution is -0.133. The number of alkyl halides is 3. The molecule has 5 nitrogen and oxygen atoms in total. The monoisotopic (exact) mass is 441 g/mol. The Morgan fingerprint density at radius 2 is 2.03 bits per heavy atom. The van der Waals surface area contributed by atoms with Crippen LogP contribution in [0.2, 0.25) is 0 Å². The van der Waals surface area contributed by atoms with Crippen LogP contribution in [0.4, 0.5) is 18.9 Å². The number of amidine groups is 1. The first-order valence-electron chi connectivity index (χ1n) is 10.3. The second-order valence-corrected chi connectivity index (χ2v) is 7.73. The Morgan fingerprint density at radius 3 is 2.72 bits per heavy atom. The van der Waals surface area contributed by atoms with E-state index in [1.807, 2.05) is 0 Å². The van der Waals surface area contributed by atoms with Gasteiger partial charge in [0.2, 0.25) is 0 Å². The number of carboxylic acids is 1. The van der Waals surface area contributed by atoms with E-state index >= 15 is 0 Å². The number of nitrogens with zero attached hydrogens (tertiary/aromatic N) is 2. The molecule has 0 saturated heterocycles. The van der Waals surface area contributed by atoms with Gasteiger partial charge in [0.1, 0.15) is 5.84 Å². The number of hydrogen-bond acceptors (Lipinski definition) is 4. The predicted molar refractivity (Wildman–Crippen MR) is 117 cm³/mol. The van der Waals surface area contributed by atoms with Crippen LogP contribution in [0.3, 0.4) is 0 Å². The molecule has 0 aromatic heterocycles. The second-order valence-electron chi connectivity index (χ2n) is 7.73. The topological polar surface area (TPSA) is 64.9 Å². The number of halogens is 3. The average molecular weight is 441 g/mol. The summed E-state index contributed by atoms with van der Waals surface area (Å²) in [6.07, 6.45) is 7.44. The third kappa shape index (κ3) is 4.26. The van der Waals surface area contributed by atoms with E-state index in [1.165, 1.54) is 41.3 Å². The lowest BCUT2D eigenvalue weighted by Gasteiger charge is -2.35. The summed E-state index contributed by atoms with van der Waals surface area (Å²) in [4.78, 5) is 17.6. The molecule has 32 heavy (non-hydrogen) atoms. The molecule has 1 aromatic carbocycles. The lowest BCUT2D eigenvalue weighted by Crippen LogP contribution is -2.45. The van der Waals surface area contributed by atoms with Gasteiger partial charge < -0.3 is 15.3 Å². The largest absolute Gasteiger partial charge is 0.478 e. The number of para-hydroxylation sites is 1. The highest BCUT2D eigenvalue weighted by Crippen LogP contribution is 2.36. The maximum atomic E-state index is 14.2. The van der Waals surface area contributed by atoms with Crippen molar-refractivity contribution >= 4 is 17.5 Å². The van der Waals surface area contributed by atoms with Gasteiger partial charge in [0.05, 0.1) is 11.3 Å². The molecule has 0 saturated carbocycles. The van der Waals surface area contributed by atoms with Crippen molar-refractivity contribution in [3.8, 4) is 0 Å². The molecule has 3 aliphatic rings. The Labute approximate surface area is 183 Å². The molecule has 0 fully saturated rings. The first-order valence-corrected chi connectivity index (χ1v) is 10.3. The number of allylic oxidation sites excluding steroid dienone is 5. The molecule has 0 amide bonds. The number of carbonyl (C=O) groups is 1. The fourth-order valence-corrected chi connectivity index (χ4v) is 3.99. The van der Waals surface area contributed by atoms with Crippen molar-refractivity contribution in [2.45, 2.75) is 37.9 Å². The SMILES string of the molecule is C=C1C=C(C2=CCCCC2)N=C2C([C@H](Nc3ccccc3C(=O)O)C(F)(F)F)=CC=CN12. The Hall–Kier alpha value is -3.55. The van der Waals surface area contributed by atoms with E-state index < -0.39 is 18.2 Å². The number of benzene rings is 1. The number of aliphatic imine (C=N–C) groups is 1. The van der Waals surface area contributed by atoms with Crippen LogP contribution < -0.4 is 5.32 Å². The second kappa shape index (κ2) is 8.53. The smallest absolute Gasteiger partial charge is 0.412 e. The van der Waals surface area contributed by atoms with E-state index in [2.05, 4.69) is 23.0 Å². The number of hydrogen-bond donors (Lipinski definition) is 2. The molecule has 2 aliphatic heterocycles. The number of fused-ring (bicyclic) bond motifs is 1. The molecular formula is C24H22F3N3O2. The summed E-state index contributed by atoms with van der Waals surface area (Å²) in [6, 6.07) is 3.36. The van der Waals surface area contributed by atoms with Crippen molar-refractivity contribution in [1.82, 2.24) is 4.90 Å². The van der Waals surface area contributed by atoms with E-state index in [-0.39, 0.29) is 22.7 Å². The maximum absolute atomic E-state index is 14.2. The van der Waals surface area contributed by atoms with Crippen LogP contribution >= 0.6 is 0 Å². The van der Waals surface area contributed by atoms with Gasteiger partial charge in [-0.05, 0) is 55.5 Å². The Bertz CT molecular complexity index is 1110. The van der Waals surface area contributed by atoms with E-state index in [9.17, 15) is 23.1 Å². The van der Waals surface area contributed by atoms with Crippen LogP contribution in [0.5, 0.6) is 0 Å². The summed E-state index contributed by atoms with van der Waals surface area (Å²) in [6.45, 7) is 4.00. The van der Waals surface area contributed by atoms with Crippen molar-refractivity contribution in [1.29, 1.82) is 0 Å². The van der Waals surface area contributed by atoms with Crippen molar-refractivity contribution in [2.75, 3.05) is 5.32 Å². The highest BCUT2D eigenvalue weighted by molar-refractivity contribution is 6.05. The van der Waals surface area contributed by atoms with Gasteiger partial charge in [-0.25, -0.2) is 9.79 Å². The summed E-state index contributed by atoms with van der Waals surface area (Å²) in [5.74, 6) is -1.19. The molecule has 166 valence electrons. The van der Waals surface area contributed by atoms with Crippen LogP contribution in [0.25, 0.3) is 0 Å². The minimum absolute atomic E-state index is 0.108. The van der Waals surface area contributed by atoms with Gasteiger partial charge in [-0.15, -0.1) is 0 Å². The van der Waals surface area contributed by atoms with E-state index in [0.717, 1.165) is 31.3 Å². The summed E-state index contributed by atoms with van der Waals surface area (Å²) >= 11 is 0. The van der Waals surface area contributed by atoms with Crippen LogP contribution in [0, 0.1) is 0 Å². The minimum Gasteiger partial charge on any atom is -0.478 e. The summed E-state index contributed by atoms with van der Waals surface area (Å²) in [5.41, 5.74) is 1.67. The van der Waals surface area contributed by atoms with Gasteiger partial charge in [-0.1, -0.05) is 30.9 Å². The fraction of sp³-hybridized carbons (Fsp3) is 0.250. The quantitative estimate of drug-likeness (QED) is 0.607. The molecule has 1 atom stereocenters. The molecule has 0 unspecified atom stereocenters. The third-order valence-electron chi connectivity index (χ3n) is 5.55. The average Bonchev–Trinajstić information content (AvgIpc) is 2.77. The van der Waals surface area contributed by atoms with Crippen LogP contribution in [-0.2, 0) is 0 Å². The zero-order valence-electron chi connectivity index (χ0n) is 17.2. The van der Waals surface area contributed by atoms with Gasteiger partial charge in [0, 0.05) is 23.2 Å². The first kappa shape index (κ1) is 21.7. The van der Waals surface area contributed by atoms with Crippen molar-refractivity contribution in [3.63, 3.8) is 0 Å². The number of nitrogens with one attached hydrogen (secondary N) is 1. The zero-order chi connectivity index (χ0) is 22.9. The third-order valence-corrected chi connectivity index (χ3v) is 5.55. The minimum atomic E-state index is -4.70. The summed E-state index contributed by atoms with van der Waals surface area (Å²) in [7, 11) is 0. The van der Waals surface area contributed by atoms with Crippen LogP contribution in [0.1, 0.15) is 36.0 Å². The van der Waals surface area contributed by atoms with Crippen LogP contribution in [0.15, 0.2) is 88.9 Å². The number of carboxylic acid groups (broad SMARTS) is 1. The van der Waals surface area contributed by atoms with E-state index in [0.29, 0.717) is 11.4 Å². The Morgan fingerprint density at radius 1 is 1.25 bits per heavy atom. The van der Waals surface area contributed by atoms with Crippen LogP contribution in [-0.4, -0.2) is 34.0 Å². The molecule has 0 spiro atoms. The summed E-state index contributed by atoms with van der Waals surface area (Å²) in [5, 5.41) is 11.8. The van der Waals surface area contributed by atoms with Crippen molar-refractivity contribution in [3.05, 3.63) is 89.5 Å². The zero-order valence-corrected chi connectivity index (χ0v) is 17.2. The predicted octanol–water partition coefficient (Wildman–Crippen LogP) is 5.79. The van der Waals surface area contributed by atoms with E-state index in [4.69, 9.17) is 0 Å². The highest BCUT2D eigenvalue weighted by Gasteiger charge is 2.45. The molecule has 4 rings (SSSR count). The van der Waals surface area contributed by atoms with Gasteiger partial charge in [-0.2, -0.15) is 13.2 Å². The summed E-state index contributed by atoms with van der Waals surface area (Å²) < 4.78 is 42.7. The molecule has 2 heterocycles. The Kier molecular flexibility index (Phi) is 5.78. The van der Waals surface area contributed by atoms with Gasteiger partial charge in [-0.3, -0.25) is 0 Å². The number of rotatable bonds is 5. The fourth-order valence-electron chi connectivity index (χ4n) is 3.99. The highest BCUT2D eigenvalue weighted by atomic mass is 19.4. The first-order chi connectivity index (χ1) is 15.3. The molecule has 2 N–H and O–H groups in total. The number of anilines is 1. The normalized spacial score (nSPS) is 19.3. The van der Waals surface area contributed by atoms with Crippen molar-refractivity contribution in [2.24, 2.45) is 4.99 Å². The molecule has 1 aliphatic carbocycles. The van der Waals surface area contributed by atoms with Gasteiger partial charge >= 0.3 is 12.1 Å².